The molecule has 2 aromatic heterocycles. The van der Waals surface area contributed by atoms with Gasteiger partial charge in [0.25, 0.3) is 0 Å². The molecule has 0 atom stereocenters. The molecule has 1 aromatic carbocycles. The molecule has 1 aliphatic rings. The summed E-state index contributed by atoms with van der Waals surface area (Å²) < 4.78 is 4.09. The Labute approximate surface area is 152 Å². The lowest BCUT2D eigenvalue weighted by Crippen LogP contribution is -2.27. The molecule has 0 fully saturated rings. The first-order valence-corrected chi connectivity index (χ1v) is 9.04. The molecule has 3 heterocycles. The molecule has 0 spiro atoms. The number of nitrogens with zero attached hydrogens (tertiary/aromatic N) is 3. The number of pyridine rings is 1. The Kier molecular flexibility index (Phi) is 4.18. The highest BCUT2D eigenvalue weighted by Gasteiger charge is 2.22. The van der Waals surface area contributed by atoms with Gasteiger partial charge in [0.2, 0.25) is 5.56 Å². The Morgan fingerprint density at radius 1 is 1.16 bits per heavy atom. The van der Waals surface area contributed by atoms with Crippen molar-refractivity contribution in [2.75, 3.05) is 13.6 Å². The number of benzene rings is 1. The van der Waals surface area contributed by atoms with Crippen LogP contribution in [0.2, 0.25) is 5.02 Å². The van der Waals surface area contributed by atoms with E-state index in [-0.39, 0.29) is 5.56 Å². The monoisotopic (exact) mass is 355 g/mol. The highest BCUT2D eigenvalue weighted by molar-refractivity contribution is 6.31. The van der Waals surface area contributed by atoms with Gasteiger partial charge in [0.05, 0.1) is 0 Å². The molecule has 0 bridgehead atoms. The highest BCUT2D eigenvalue weighted by Crippen LogP contribution is 2.32. The molecule has 0 saturated heterocycles. The summed E-state index contributed by atoms with van der Waals surface area (Å²) >= 11 is 6.26. The third-order valence-electron chi connectivity index (χ3n) is 5.18. The van der Waals surface area contributed by atoms with Gasteiger partial charge in [0.1, 0.15) is 0 Å². The highest BCUT2D eigenvalue weighted by atomic mass is 35.5. The van der Waals surface area contributed by atoms with Gasteiger partial charge in [0, 0.05) is 67.0 Å². The van der Waals surface area contributed by atoms with Gasteiger partial charge in [-0.1, -0.05) is 17.7 Å². The van der Waals surface area contributed by atoms with Crippen LogP contribution in [0.5, 0.6) is 0 Å². The summed E-state index contributed by atoms with van der Waals surface area (Å²) in [5, 5.41) is 2.06. The molecule has 0 amide bonds. The number of halogens is 1. The van der Waals surface area contributed by atoms with E-state index in [9.17, 15) is 4.79 Å². The maximum Gasteiger partial charge on any atom is 0.250 e. The first-order valence-electron chi connectivity index (χ1n) is 8.66. The van der Waals surface area contributed by atoms with Gasteiger partial charge in [-0.05, 0) is 42.8 Å². The van der Waals surface area contributed by atoms with Crippen molar-refractivity contribution in [3.63, 3.8) is 0 Å². The molecule has 3 aromatic rings. The lowest BCUT2D eigenvalue weighted by atomic mass is 10.1. The lowest BCUT2D eigenvalue weighted by Gasteiger charge is -2.24. The third-order valence-corrected chi connectivity index (χ3v) is 5.41. The van der Waals surface area contributed by atoms with Crippen LogP contribution < -0.4 is 5.56 Å². The lowest BCUT2D eigenvalue weighted by molar-refractivity contribution is 0.309. The second-order valence-corrected chi connectivity index (χ2v) is 7.40. The Balaban J connectivity index is 1.73. The number of aromatic nitrogens is 2. The summed E-state index contributed by atoms with van der Waals surface area (Å²) in [4.78, 5) is 13.9. The third kappa shape index (κ3) is 3.00. The van der Waals surface area contributed by atoms with E-state index >= 15 is 0 Å². The zero-order valence-electron chi connectivity index (χ0n) is 14.6. The maximum atomic E-state index is 11.6. The van der Waals surface area contributed by atoms with Crippen molar-refractivity contribution in [1.82, 2.24) is 14.0 Å². The Morgan fingerprint density at radius 3 is 2.80 bits per heavy atom. The molecule has 25 heavy (non-hydrogen) atoms. The van der Waals surface area contributed by atoms with Gasteiger partial charge in [-0.2, -0.15) is 0 Å². The van der Waals surface area contributed by atoms with Gasteiger partial charge < -0.3 is 14.0 Å². The normalized spacial score (nSPS) is 14.8. The Bertz CT molecular complexity index is 1000. The van der Waals surface area contributed by atoms with Crippen LogP contribution in [-0.4, -0.2) is 27.6 Å². The van der Waals surface area contributed by atoms with Crippen molar-refractivity contribution in [2.24, 2.45) is 7.05 Å². The van der Waals surface area contributed by atoms with Crippen LogP contribution in [0.15, 0.2) is 41.3 Å². The smallest absolute Gasteiger partial charge is 0.250 e. The van der Waals surface area contributed by atoms with Crippen LogP contribution in [0, 0.1) is 0 Å². The topological polar surface area (TPSA) is 30.2 Å². The average molecular weight is 356 g/mol. The van der Waals surface area contributed by atoms with Crippen LogP contribution in [-0.2, 0) is 33.0 Å². The number of hydrogen-bond acceptors (Lipinski definition) is 2. The molecule has 4 rings (SSSR count). The predicted octanol–water partition coefficient (Wildman–Crippen LogP) is 3.22. The van der Waals surface area contributed by atoms with Gasteiger partial charge >= 0.3 is 0 Å². The molecule has 4 nitrogen and oxygen atoms in total. The van der Waals surface area contributed by atoms with Gasteiger partial charge in [-0.3, -0.25) is 4.79 Å². The minimum absolute atomic E-state index is 0.0326. The maximum absolute atomic E-state index is 11.6. The van der Waals surface area contributed by atoms with E-state index in [0.29, 0.717) is 0 Å². The van der Waals surface area contributed by atoms with Crippen molar-refractivity contribution in [1.29, 1.82) is 0 Å². The number of hydrogen-bond donors (Lipinski definition) is 0. The van der Waals surface area contributed by atoms with Crippen molar-refractivity contribution in [2.45, 2.75) is 25.9 Å². The van der Waals surface area contributed by atoms with Gasteiger partial charge in [-0.25, -0.2) is 0 Å². The molecule has 0 saturated carbocycles. The zero-order chi connectivity index (χ0) is 17.6. The molecule has 1 aliphatic heterocycles. The Morgan fingerprint density at radius 2 is 2.00 bits per heavy atom. The molecule has 0 unspecified atom stereocenters. The van der Waals surface area contributed by atoms with Crippen LogP contribution in [0.25, 0.3) is 10.9 Å². The van der Waals surface area contributed by atoms with Gasteiger partial charge in [0.15, 0.2) is 0 Å². The fraction of sp³-hybridized carbons (Fsp3) is 0.350. The molecule has 0 radical (unpaired) electrons. The first kappa shape index (κ1) is 16.4. The molecule has 0 aliphatic carbocycles. The summed E-state index contributed by atoms with van der Waals surface area (Å²) in [6, 6.07) is 9.79. The fourth-order valence-electron chi connectivity index (χ4n) is 3.85. The van der Waals surface area contributed by atoms with Crippen LogP contribution >= 0.6 is 11.6 Å². The summed E-state index contributed by atoms with van der Waals surface area (Å²) in [7, 11) is 3.97. The summed E-state index contributed by atoms with van der Waals surface area (Å²) in [5.41, 5.74) is 5.31. The van der Waals surface area contributed by atoms with Crippen LogP contribution in [0.4, 0.5) is 0 Å². The Hall–Kier alpha value is -2.04. The second-order valence-electron chi connectivity index (χ2n) is 6.96. The molecule has 0 N–H and O–H groups in total. The van der Waals surface area contributed by atoms with E-state index in [1.165, 1.54) is 27.7 Å². The summed E-state index contributed by atoms with van der Waals surface area (Å²) in [6.45, 7) is 2.96. The predicted molar refractivity (Wildman–Crippen MR) is 102 cm³/mol. The van der Waals surface area contributed by atoms with Crippen molar-refractivity contribution in [3.8, 4) is 0 Å². The second kappa shape index (κ2) is 6.36. The summed E-state index contributed by atoms with van der Waals surface area (Å²) in [5.74, 6) is 0. The SMILES string of the molecule is CN1CCc2c(c3cc(Cl)ccc3n2CCc2ccc(=O)n(C)c2)C1. The van der Waals surface area contributed by atoms with Crippen LogP contribution in [0.3, 0.4) is 0 Å². The van der Waals surface area contributed by atoms with Crippen molar-refractivity contribution >= 4 is 22.5 Å². The number of likely N-dealkylation sites (N-methyl/N-ethyl adjacent to an activating group) is 1. The molecule has 5 heteroatoms. The molecule has 130 valence electrons. The first-order chi connectivity index (χ1) is 12.0. The number of fused-ring (bicyclic) bond motifs is 3. The van der Waals surface area contributed by atoms with E-state index in [1.54, 1.807) is 17.7 Å². The number of aryl methyl sites for hydroxylation is 3. The van der Waals surface area contributed by atoms with Crippen molar-refractivity contribution in [3.05, 3.63) is 68.7 Å². The molecular formula is C20H22ClN3O. The fourth-order valence-corrected chi connectivity index (χ4v) is 4.02. The number of rotatable bonds is 3. The molecular weight excluding hydrogens is 334 g/mol. The average Bonchev–Trinajstić information content (AvgIpc) is 2.88. The standard InChI is InChI=1S/C20H22ClN3O/c1-22-9-8-19-17(13-22)16-11-15(21)4-5-18(16)24(19)10-7-14-3-6-20(25)23(2)12-14/h3-6,11-12H,7-10,13H2,1-2H3. The van der Waals surface area contributed by atoms with E-state index in [1.807, 2.05) is 18.3 Å². The summed E-state index contributed by atoms with van der Waals surface area (Å²) in [6.07, 6.45) is 3.90. The van der Waals surface area contributed by atoms with E-state index in [2.05, 4.69) is 28.6 Å². The van der Waals surface area contributed by atoms with E-state index in [0.717, 1.165) is 37.5 Å². The van der Waals surface area contributed by atoms with Crippen molar-refractivity contribution < 1.29 is 0 Å². The minimum Gasteiger partial charge on any atom is -0.344 e. The largest absolute Gasteiger partial charge is 0.344 e. The quantitative estimate of drug-likeness (QED) is 0.722. The van der Waals surface area contributed by atoms with E-state index in [4.69, 9.17) is 11.6 Å². The van der Waals surface area contributed by atoms with E-state index < -0.39 is 0 Å². The zero-order valence-corrected chi connectivity index (χ0v) is 15.4. The van der Waals surface area contributed by atoms with Crippen LogP contribution in [0.1, 0.15) is 16.8 Å². The minimum atomic E-state index is 0.0326. The van der Waals surface area contributed by atoms with Gasteiger partial charge in [-0.15, -0.1) is 0 Å².